The van der Waals surface area contributed by atoms with Gasteiger partial charge >= 0.3 is 7.60 Å². The van der Waals surface area contributed by atoms with Gasteiger partial charge in [-0.1, -0.05) is 60.2 Å². The van der Waals surface area contributed by atoms with Crippen molar-refractivity contribution in [2.75, 3.05) is 14.2 Å². The predicted octanol–water partition coefficient (Wildman–Crippen LogP) is 4.98. The van der Waals surface area contributed by atoms with Gasteiger partial charge in [-0.15, -0.1) is 0 Å². The van der Waals surface area contributed by atoms with Crippen LogP contribution in [0.2, 0.25) is 0 Å². The van der Waals surface area contributed by atoms with Crippen molar-refractivity contribution in [3.63, 3.8) is 0 Å². The zero-order valence-electron chi connectivity index (χ0n) is 12.4. The van der Waals surface area contributed by atoms with E-state index in [9.17, 15) is 4.57 Å². The van der Waals surface area contributed by atoms with E-state index in [0.29, 0.717) is 5.31 Å². The van der Waals surface area contributed by atoms with Crippen LogP contribution in [0.3, 0.4) is 0 Å². The largest absolute Gasteiger partial charge is 0.361 e. The fourth-order valence-electron chi connectivity index (χ4n) is 2.02. The second-order valence-corrected chi connectivity index (χ2v) is 6.88. The average molecular weight is 302 g/mol. The molecule has 0 aliphatic heterocycles. The Kier molecular flexibility index (Phi) is 5.13. The molecule has 0 heterocycles. The molecule has 0 N–H and O–H groups in total. The van der Waals surface area contributed by atoms with Gasteiger partial charge in [-0.2, -0.15) is 0 Å². The maximum absolute atomic E-state index is 12.8. The second kappa shape index (κ2) is 6.86. The van der Waals surface area contributed by atoms with Crippen molar-refractivity contribution in [1.29, 1.82) is 0 Å². The lowest BCUT2D eigenvalue weighted by molar-refractivity contribution is 0.288. The van der Waals surface area contributed by atoms with Gasteiger partial charge in [-0.3, -0.25) is 4.57 Å². The van der Waals surface area contributed by atoms with Crippen LogP contribution in [0.1, 0.15) is 16.7 Å². The van der Waals surface area contributed by atoms with Crippen LogP contribution in [0.5, 0.6) is 0 Å². The molecule has 2 aromatic rings. The van der Waals surface area contributed by atoms with Crippen LogP contribution in [-0.4, -0.2) is 14.2 Å². The molecule has 0 amide bonds. The summed E-state index contributed by atoms with van der Waals surface area (Å²) in [5, 5.41) is 0.554. The van der Waals surface area contributed by atoms with Gasteiger partial charge in [0.25, 0.3) is 0 Å². The van der Waals surface area contributed by atoms with E-state index >= 15 is 0 Å². The lowest BCUT2D eigenvalue weighted by Gasteiger charge is -2.18. The number of hydrogen-bond acceptors (Lipinski definition) is 3. The van der Waals surface area contributed by atoms with Crippen LogP contribution in [-0.2, 0) is 13.6 Å². The highest BCUT2D eigenvalue weighted by Gasteiger charge is 2.28. The standard InChI is InChI=1S/C17H19O3P/c1-14-9-11-16(12-10-14)17(21(18,19-2)20-3)13-15-7-5-4-6-8-15/h4-13H,1-3H3/b17-13+. The molecule has 0 aliphatic carbocycles. The van der Waals surface area contributed by atoms with Gasteiger partial charge in [0.05, 0.1) is 5.31 Å². The zero-order valence-corrected chi connectivity index (χ0v) is 13.3. The molecule has 4 heteroatoms. The first kappa shape index (κ1) is 15.7. The Labute approximate surface area is 125 Å². The summed E-state index contributed by atoms with van der Waals surface area (Å²) in [5.74, 6) is 0. The summed E-state index contributed by atoms with van der Waals surface area (Å²) >= 11 is 0. The molecular formula is C17H19O3P. The Morgan fingerprint density at radius 2 is 1.52 bits per heavy atom. The van der Waals surface area contributed by atoms with Crippen LogP contribution in [0.25, 0.3) is 11.4 Å². The number of aryl methyl sites for hydroxylation is 1. The first-order valence-electron chi connectivity index (χ1n) is 6.65. The molecular weight excluding hydrogens is 283 g/mol. The fourth-order valence-corrected chi connectivity index (χ4v) is 3.34. The zero-order chi connectivity index (χ0) is 15.3. The lowest BCUT2D eigenvalue weighted by Crippen LogP contribution is -1.94. The average Bonchev–Trinajstić information content (AvgIpc) is 2.54. The summed E-state index contributed by atoms with van der Waals surface area (Å²) in [5.41, 5.74) is 2.92. The quantitative estimate of drug-likeness (QED) is 0.577. The van der Waals surface area contributed by atoms with Crippen molar-refractivity contribution in [2.24, 2.45) is 0 Å². The topological polar surface area (TPSA) is 35.5 Å². The van der Waals surface area contributed by atoms with E-state index in [1.165, 1.54) is 14.2 Å². The maximum Gasteiger partial charge on any atom is 0.361 e. The van der Waals surface area contributed by atoms with E-state index in [1.807, 2.05) is 67.6 Å². The Hall–Kier alpha value is -1.67. The Balaban J connectivity index is 2.57. The van der Waals surface area contributed by atoms with Crippen molar-refractivity contribution >= 4 is 19.0 Å². The van der Waals surface area contributed by atoms with Crippen molar-refractivity contribution in [2.45, 2.75) is 6.92 Å². The van der Waals surface area contributed by atoms with Gasteiger partial charge in [0, 0.05) is 14.2 Å². The van der Waals surface area contributed by atoms with E-state index < -0.39 is 7.60 Å². The molecule has 0 aromatic heterocycles. The first-order chi connectivity index (χ1) is 10.1. The molecule has 0 fully saturated rings. The van der Waals surface area contributed by atoms with E-state index in [0.717, 1.165) is 16.7 Å². The molecule has 110 valence electrons. The third-order valence-electron chi connectivity index (χ3n) is 3.23. The lowest BCUT2D eigenvalue weighted by atomic mass is 10.1. The molecule has 0 saturated heterocycles. The number of benzene rings is 2. The molecule has 0 aliphatic rings. The third-order valence-corrected chi connectivity index (χ3v) is 5.16. The minimum absolute atomic E-state index is 0.554. The number of rotatable bonds is 5. The van der Waals surface area contributed by atoms with Crippen LogP contribution in [0, 0.1) is 6.92 Å². The summed E-state index contributed by atoms with van der Waals surface area (Å²) in [4.78, 5) is 0. The first-order valence-corrected chi connectivity index (χ1v) is 8.19. The SMILES string of the molecule is COP(=O)(OC)/C(=C/c1ccccc1)c1ccc(C)cc1. The summed E-state index contributed by atoms with van der Waals surface area (Å²) in [6.07, 6.45) is 1.85. The summed E-state index contributed by atoms with van der Waals surface area (Å²) in [6, 6.07) is 17.5. The molecule has 0 saturated carbocycles. The molecule has 0 spiro atoms. The maximum atomic E-state index is 12.8. The molecule has 0 bridgehead atoms. The summed E-state index contributed by atoms with van der Waals surface area (Å²) in [6.45, 7) is 2.01. The number of hydrogen-bond donors (Lipinski definition) is 0. The van der Waals surface area contributed by atoms with Gasteiger partial charge < -0.3 is 9.05 Å². The smallest absolute Gasteiger partial charge is 0.309 e. The van der Waals surface area contributed by atoms with Crippen LogP contribution in [0.4, 0.5) is 0 Å². The van der Waals surface area contributed by atoms with Crippen molar-refractivity contribution in [3.05, 3.63) is 71.3 Å². The molecule has 21 heavy (non-hydrogen) atoms. The molecule has 0 radical (unpaired) electrons. The Bertz CT molecular complexity index is 652. The Morgan fingerprint density at radius 3 is 2.05 bits per heavy atom. The summed E-state index contributed by atoms with van der Waals surface area (Å²) < 4.78 is 23.2. The molecule has 2 aromatic carbocycles. The van der Waals surface area contributed by atoms with Crippen LogP contribution >= 0.6 is 7.60 Å². The molecule has 0 unspecified atom stereocenters. The third kappa shape index (κ3) is 3.70. The molecule has 2 rings (SSSR count). The van der Waals surface area contributed by atoms with Gasteiger partial charge in [0.2, 0.25) is 0 Å². The monoisotopic (exact) mass is 302 g/mol. The van der Waals surface area contributed by atoms with Gasteiger partial charge in [-0.05, 0) is 24.1 Å². The highest BCUT2D eigenvalue weighted by molar-refractivity contribution is 7.65. The van der Waals surface area contributed by atoms with Crippen LogP contribution < -0.4 is 0 Å². The predicted molar refractivity (Wildman–Crippen MR) is 87.1 cm³/mol. The van der Waals surface area contributed by atoms with Crippen molar-refractivity contribution < 1.29 is 13.6 Å². The van der Waals surface area contributed by atoms with Gasteiger partial charge in [-0.25, -0.2) is 0 Å². The van der Waals surface area contributed by atoms with Crippen molar-refractivity contribution in [3.8, 4) is 0 Å². The fraction of sp³-hybridized carbons (Fsp3) is 0.176. The minimum Gasteiger partial charge on any atom is -0.309 e. The van der Waals surface area contributed by atoms with E-state index in [2.05, 4.69) is 0 Å². The van der Waals surface area contributed by atoms with E-state index in [4.69, 9.17) is 9.05 Å². The van der Waals surface area contributed by atoms with Crippen molar-refractivity contribution in [1.82, 2.24) is 0 Å². The van der Waals surface area contributed by atoms with E-state index in [-0.39, 0.29) is 0 Å². The van der Waals surface area contributed by atoms with Gasteiger partial charge in [0.1, 0.15) is 0 Å². The van der Waals surface area contributed by atoms with Gasteiger partial charge in [0.15, 0.2) is 0 Å². The normalized spacial score (nSPS) is 12.4. The van der Waals surface area contributed by atoms with E-state index in [1.54, 1.807) is 0 Å². The molecule has 0 atom stereocenters. The highest BCUT2D eigenvalue weighted by atomic mass is 31.2. The van der Waals surface area contributed by atoms with Crippen LogP contribution in [0.15, 0.2) is 54.6 Å². The molecule has 3 nitrogen and oxygen atoms in total. The Morgan fingerprint density at radius 1 is 0.952 bits per heavy atom. The highest BCUT2D eigenvalue weighted by Crippen LogP contribution is 2.59. The second-order valence-electron chi connectivity index (χ2n) is 4.67. The minimum atomic E-state index is -3.33. The summed E-state index contributed by atoms with van der Waals surface area (Å²) in [7, 11) is -0.532.